The number of nitrogens with one attached hydrogen (secondary N) is 1. The van der Waals surface area contributed by atoms with Crippen LogP contribution in [0.25, 0.3) is 0 Å². The molecule has 0 saturated heterocycles. The van der Waals surface area contributed by atoms with Crippen molar-refractivity contribution in [2.75, 3.05) is 6.54 Å². The Morgan fingerprint density at radius 3 is 2.86 bits per heavy atom. The van der Waals surface area contributed by atoms with E-state index in [-0.39, 0.29) is 6.04 Å². The summed E-state index contributed by atoms with van der Waals surface area (Å²) < 4.78 is 0.939. The molecule has 1 atom stereocenters. The van der Waals surface area contributed by atoms with Crippen LogP contribution in [0.4, 0.5) is 0 Å². The summed E-state index contributed by atoms with van der Waals surface area (Å²) in [6, 6.07) is 5.55. The first-order valence-electron chi connectivity index (χ1n) is 4.33. The number of hydrogen-bond acceptors (Lipinski definition) is 1. The predicted molar refractivity (Wildman–Crippen MR) is 64.4 cm³/mol. The highest BCUT2D eigenvalue weighted by Gasteiger charge is 2.10. The van der Waals surface area contributed by atoms with Crippen molar-refractivity contribution in [2.24, 2.45) is 0 Å². The van der Waals surface area contributed by atoms with Gasteiger partial charge in [0.1, 0.15) is 0 Å². The topological polar surface area (TPSA) is 12.0 Å². The molecule has 0 aliphatic rings. The monoisotopic (exact) mass is 271 g/mol. The van der Waals surface area contributed by atoms with E-state index < -0.39 is 0 Å². The molecule has 1 rings (SSSR count). The van der Waals surface area contributed by atoms with Gasteiger partial charge in [-0.1, -0.05) is 46.4 Å². The van der Waals surface area contributed by atoms with E-state index in [2.05, 4.69) is 27.2 Å². The number of terminal acetylenes is 1. The zero-order chi connectivity index (χ0) is 10.6. The lowest BCUT2D eigenvalue weighted by Crippen LogP contribution is -2.19. The molecule has 0 amide bonds. The van der Waals surface area contributed by atoms with Gasteiger partial charge in [0.2, 0.25) is 0 Å². The Hall–Kier alpha value is -0.490. The molecule has 0 saturated carbocycles. The summed E-state index contributed by atoms with van der Waals surface area (Å²) in [5.41, 5.74) is 1.04. The molecule has 1 nitrogen and oxygen atoms in total. The van der Waals surface area contributed by atoms with E-state index in [1.54, 1.807) is 0 Å². The third-order valence-corrected chi connectivity index (χ3v) is 2.77. The molecule has 0 fully saturated rings. The van der Waals surface area contributed by atoms with Crippen molar-refractivity contribution in [3.8, 4) is 12.3 Å². The van der Waals surface area contributed by atoms with Crippen LogP contribution in [0.1, 0.15) is 18.5 Å². The van der Waals surface area contributed by atoms with E-state index >= 15 is 0 Å². The van der Waals surface area contributed by atoms with Crippen molar-refractivity contribution in [3.63, 3.8) is 0 Å². The van der Waals surface area contributed by atoms with Crippen molar-refractivity contribution >= 4 is 27.5 Å². The summed E-state index contributed by atoms with van der Waals surface area (Å²) in [5.74, 6) is 2.70. The normalized spacial score (nSPS) is 12.1. The van der Waals surface area contributed by atoms with Gasteiger partial charge >= 0.3 is 0 Å². The van der Waals surface area contributed by atoms with Gasteiger partial charge in [0, 0.05) is 9.50 Å². The third kappa shape index (κ3) is 2.75. The second kappa shape index (κ2) is 5.41. The van der Waals surface area contributed by atoms with Crippen LogP contribution in [-0.2, 0) is 0 Å². The molecule has 3 heteroatoms. The van der Waals surface area contributed by atoms with Crippen LogP contribution >= 0.6 is 27.5 Å². The third-order valence-electron chi connectivity index (χ3n) is 1.85. The lowest BCUT2D eigenvalue weighted by atomic mass is 10.1. The lowest BCUT2D eigenvalue weighted by molar-refractivity contribution is 0.663. The maximum absolute atomic E-state index is 5.84. The lowest BCUT2D eigenvalue weighted by Gasteiger charge is -2.13. The van der Waals surface area contributed by atoms with Crippen LogP contribution in [0, 0.1) is 12.3 Å². The number of halogens is 2. The Labute approximate surface area is 98.0 Å². The van der Waals surface area contributed by atoms with Crippen LogP contribution in [-0.4, -0.2) is 6.54 Å². The minimum atomic E-state index is -0.0633. The Bertz CT molecular complexity index is 357. The quantitative estimate of drug-likeness (QED) is 0.832. The highest BCUT2D eigenvalue weighted by molar-refractivity contribution is 9.10. The van der Waals surface area contributed by atoms with Gasteiger partial charge in [-0.3, -0.25) is 0 Å². The fourth-order valence-corrected chi connectivity index (χ4v) is 2.11. The summed E-state index contributed by atoms with van der Waals surface area (Å²) in [6.45, 7) is 2.86. The summed E-state index contributed by atoms with van der Waals surface area (Å²) in [6.07, 6.45) is 5.43. The maximum Gasteiger partial charge on any atom is 0.0954 e. The van der Waals surface area contributed by atoms with Crippen LogP contribution in [0.5, 0.6) is 0 Å². The van der Waals surface area contributed by atoms with Gasteiger partial charge < -0.3 is 5.32 Å². The van der Waals surface area contributed by atoms with Gasteiger partial charge in [-0.15, -0.1) is 6.42 Å². The van der Waals surface area contributed by atoms with Crippen molar-refractivity contribution in [1.82, 2.24) is 5.32 Å². The molecule has 1 N–H and O–H groups in total. The minimum Gasteiger partial charge on any atom is -0.300 e. The van der Waals surface area contributed by atoms with Gasteiger partial charge in [-0.25, -0.2) is 0 Å². The van der Waals surface area contributed by atoms with E-state index in [1.807, 2.05) is 25.1 Å². The van der Waals surface area contributed by atoms with Gasteiger partial charge in [-0.2, -0.15) is 0 Å². The van der Waals surface area contributed by atoms with Crippen LogP contribution < -0.4 is 5.32 Å². The molecular weight excluding hydrogens is 261 g/mol. The Morgan fingerprint density at radius 1 is 1.64 bits per heavy atom. The summed E-state index contributed by atoms with van der Waals surface area (Å²) in [7, 11) is 0. The second-order valence-electron chi connectivity index (χ2n) is 2.82. The van der Waals surface area contributed by atoms with E-state index in [9.17, 15) is 0 Å². The Morgan fingerprint density at radius 2 is 2.36 bits per heavy atom. The van der Waals surface area contributed by atoms with E-state index in [0.717, 1.165) is 16.6 Å². The fraction of sp³-hybridized carbons (Fsp3) is 0.273. The van der Waals surface area contributed by atoms with Gasteiger partial charge in [0.15, 0.2) is 0 Å². The van der Waals surface area contributed by atoms with Crippen molar-refractivity contribution in [3.05, 3.63) is 33.3 Å². The first kappa shape index (κ1) is 11.6. The molecule has 1 aromatic rings. The first-order valence-corrected chi connectivity index (χ1v) is 5.50. The molecule has 0 aromatic heterocycles. The van der Waals surface area contributed by atoms with Crippen LogP contribution in [0.15, 0.2) is 22.7 Å². The van der Waals surface area contributed by atoms with Crippen molar-refractivity contribution in [2.45, 2.75) is 13.0 Å². The van der Waals surface area contributed by atoms with Gasteiger partial charge in [0.25, 0.3) is 0 Å². The highest BCUT2D eigenvalue weighted by Crippen LogP contribution is 2.26. The number of rotatable bonds is 3. The molecule has 0 heterocycles. The molecule has 14 heavy (non-hydrogen) atoms. The zero-order valence-electron chi connectivity index (χ0n) is 7.85. The van der Waals surface area contributed by atoms with Crippen LogP contribution in [0.3, 0.4) is 0 Å². The number of hydrogen-bond donors (Lipinski definition) is 1. The minimum absolute atomic E-state index is 0.0633. The van der Waals surface area contributed by atoms with E-state index in [0.29, 0.717) is 5.02 Å². The van der Waals surface area contributed by atoms with Crippen molar-refractivity contribution < 1.29 is 0 Å². The summed E-state index contributed by atoms with van der Waals surface area (Å²) in [4.78, 5) is 0. The predicted octanol–water partition coefficient (Wildman–Crippen LogP) is 3.39. The maximum atomic E-state index is 5.84. The standard InChI is InChI=1S/C11H11BrClN/c1-3-11(14-4-2)9-6-5-8(13)7-10(9)12/h1,5-7,11,14H,4H2,2H3. The Balaban J connectivity index is 3.00. The SMILES string of the molecule is C#CC(NCC)c1ccc(Cl)cc1Br. The first-order chi connectivity index (χ1) is 6.69. The van der Waals surface area contributed by atoms with Gasteiger partial charge in [-0.05, 0) is 24.2 Å². The largest absolute Gasteiger partial charge is 0.300 e. The second-order valence-corrected chi connectivity index (χ2v) is 4.11. The van der Waals surface area contributed by atoms with E-state index in [1.165, 1.54) is 0 Å². The van der Waals surface area contributed by atoms with Gasteiger partial charge in [0.05, 0.1) is 6.04 Å². The molecular formula is C11H11BrClN. The average molecular weight is 273 g/mol. The Kier molecular flexibility index (Phi) is 4.47. The van der Waals surface area contributed by atoms with Crippen molar-refractivity contribution in [1.29, 1.82) is 0 Å². The molecule has 0 aliphatic carbocycles. The molecule has 1 aromatic carbocycles. The zero-order valence-corrected chi connectivity index (χ0v) is 10.2. The fourth-order valence-electron chi connectivity index (χ4n) is 1.20. The molecule has 0 spiro atoms. The molecule has 0 radical (unpaired) electrons. The number of benzene rings is 1. The highest BCUT2D eigenvalue weighted by atomic mass is 79.9. The molecule has 74 valence electrons. The summed E-state index contributed by atoms with van der Waals surface area (Å²) in [5, 5.41) is 3.90. The van der Waals surface area contributed by atoms with Crippen LogP contribution in [0.2, 0.25) is 5.02 Å². The molecule has 0 aliphatic heterocycles. The molecule has 1 unspecified atom stereocenters. The average Bonchev–Trinajstić information content (AvgIpc) is 2.15. The van der Waals surface area contributed by atoms with E-state index in [4.69, 9.17) is 18.0 Å². The summed E-state index contributed by atoms with van der Waals surface area (Å²) >= 11 is 9.28. The smallest absolute Gasteiger partial charge is 0.0954 e. The molecule has 0 bridgehead atoms.